The Kier molecular flexibility index (Phi) is 2.98. The minimum Gasteiger partial charge on any atom is -0.403 e. The van der Waals surface area contributed by atoms with E-state index in [1.165, 1.54) is 18.2 Å². The summed E-state index contributed by atoms with van der Waals surface area (Å²) < 4.78 is 5.22. The first kappa shape index (κ1) is 13.0. The predicted molar refractivity (Wildman–Crippen MR) is 77.1 cm³/mol. The second-order valence-corrected chi connectivity index (χ2v) is 4.58. The van der Waals surface area contributed by atoms with Crippen molar-refractivity contribution in [3.8, 4) is 11.5 Å². The maximum atomic E-state index is 12.0. The highest BCUT2D eigenvalue weighted by Crippen LogP contribution is 2.23. The van der Waals surface area contributed by atoms with Crippen molar-refractivity contribution in [1.82, 2.24) is 4.98 Å². The summed E-state index contributed by atoms with van der Waals surface area (Å²) in [6.45, 7) is 1.87. The van der Waals surface area contributed by atoms with Crippen LogP contribution in [-0.2, 0) is 0 Å². The summed E-state index contributed by atoms with van der Waals surface area (Å²) in [5, 5.41) is 11.0. The van der Waals surface area contributed by atoms with Crippen LogP contribution in [-0.4, -0.2) is 9.91 Å². The molecule has 0 aliphatic heterocycles. The van der Waals surface area contributed by atoms with Gasteiger partial charge >= 0.3 is 5.63 Å². The van der Waals surface area contributed by atoms with E-state index < -0.39 is 10.5 Å². The first-order valence-electron chi connectivity index (χ1n) is 6.21. The molecule has 2 aromatic carbocycles. The van der Waals surface area contributed by atoms with Gasteiger partial charge in [-0.2, -0.15) is 0 Å². The maximum Gasteiger partial charge on any atom is 0.347 e. The molecule has 1 aromatic heterocycles. The number of benzene rings is 2. The number of rotatable bonds is 2. The summed E-state index contributed by atoms with van der Waals surface area (Å²) in [5.74, 6) is 0.158. The Labute approximate surface area is 118 Å². The molecule has 6 heteroatoms. The number of hydrogen-bond acceptors (Lipinski definition) is 5. The molecule has 0 N–H and O–H groups in total. The number of hydrogen-bond donors (Lipinski definition) is 0. The lowest BCUT2D eigenvalue weighted by atomic mass is 10.1. The van der Waals surface area contributed by atoms with Crippen LogP contribution < -0.4 is 5.63 Å². The Morgan fingerprint density at radius 2 is 1.95 bits per heavy atom. The van der Waals surface area contributed by atoms with Crippen molar-refractivity contribution < 1.29 is 9.34 Å². The molecule has 0 fully saturated rings. The lowest BCUT2D eigenvalue weighted by Crippen LogP contribution is -2.04. The minimum atomic E-state index is -0.562. The van der Waals surface area contributed by atoms with E-state index in [0.717, 1.165) is 5.56 Å². The highest BCUT2D eigenvalue weighted by Gasteiger charge is 2.13. The second kappa shape index (κ2) is 4.82. The van der Waals surface area contributed by atoms with Crippen molar-refractivity contribution >= 4 is 16.6 Å². The molecule has 0 atom stereocenters. The van der Waals surface area contributed by atoms with Gasteiger partial charge in [0.15, 0.2) is 0 Å². The Bertz CT molecular complexity index is 915. The van der Waals surface area contributed by atoms with E-state index in [1.54, 1.807) is 6.07 Å². The lowest BCUT2D eigenvalue weighted by Gasteiger charge is -2.04. The molecule has 0 radical (unpaired) electrons. The highest BCUT2D eigenvalue weighted by atomic mass is 16.6. The molecule has 1 heterocycles. The van der Waals surface area contributed by atoms with Gasteiger partial charge in [0.1, 0.15) is 0 Å². The van der Waals surface area contributed by atoms with Crippen LogP contribution in [0.15, 0.2) is 51.7 Å². The number of aryl methyl sites for hydroxylation is 1. The summed E-state index contributed by atoms with van der Waals surface area (Å²) in [7, 11) is 0. The molecule has 0 bridgehead atoms. The molecule has 3 rings (SSSR count). The molecule has 21 heavy (non-hydrogen) atoms. The number of nitrogens with zero attached hydrogens (tertiary/aromatic N) is 2. The SMILES string of the molecule is Cc1ccccc1-c1nc2cc([N+](=O)[O-])ccc2c(=O)o1. The van der Waals surface area contributed by atoms with Gasteiger partial charge in [-0.25, -0.2) is 9.78 Å². The van der Waals surface area contributed by atoms with Crippen LogP contribution in [0.3, 0.4) is 0 Å². The van der Waals surface area contributed by atoms with E-state index in [9.17, 15) is 14.9 Å². The molecule has 0 aliphatic carbocycles. The normalized spacial score (nSPS) is 10.7. The van der Waals surface area contributed by atoms with Gasteiger partial charge in [0, 0.05) is 17.7 Å². The quantitative estimate of drug-likeness (QED) is 0.532. The van der Waals surface area contributed by atoms with E-state index in [2.05, 4.69) is 4.98 Å². The topological polar surface area (TPSA) is 86.2 Å². The third-order valence-corrected chi connectivity index (χ3v) is 3.20. The van der Waals surface area contributed by atoms with Crippen LogP contribution in [0.25, 0.3) is 22.4 Å². The van der Waals surface area contributed by atoms with E-state index in [1.807, 2.05) is 25.1 Å². The summed E-state index contributed by atoms with van der Waals surface area (Å²) in [6.07, 6.45) is 0. The molecule has 0 spiro atoms. The number of nitro benzene ring substituents is 1. The number of aromatic nitrogens is 1. The van der Waals surface area contributed by atoms with Gasteiger partial charge in [0.05, 0.1) is 15.8 Å². The fraction of sp³-hybridized carbons (Fsp3) is 0.0667. The zero-order chi connectivity index (χ0) is 15.0. The average molecular weight is 282 g/mol. The van der Waals surface area contributed by atoms with Crippen LogP contribution in [0.5, 0.6) is 0 Å². The molecular formula is C15H10N2O4. The molecule has 0 unspecified atom stereocenters. The first-order chi connectivity index (χ1) is 10.1. The molecule has 0 saturated heterocycles. The van der Waals surface area contributed by atoms with Gasteiger partial charge in [-0.15, -0.1) is 0 Å². The Hall–Kier alpha value is -3.02. The predicted octanol–water partition coefficient (Wildman–Crippen LogP) is 3.07. The van der Waals surface area contributed by atoms with Gasteiger partial charge in [0.2, 0.25) is 5.89 Å². The Balaban J connectivity index is 2.29. The summed E-state index contributed by atoms with van der Waals surface area (Å²) in [4.78, 5) is 26.5. The second-order valence-electron chi connectivity index (χ2n) is 4.58. The lowest BCUT2D eigenvalue weighted by molar-refractivity contribution is -0.384. The van der Waals surface area contributed by atoms with E-state index in [-0.39, 0.29) is 22.5 Å². The van der Waals surface area contributed by atoms with Crippen molar-refractivity contribution in [2.24, 2.45) is 0 Å². The van der Waals surface area contributed by atoms with Gasteiger partial charge in [-0.3, -0.25) is 10.1 Å². The number of fused-ring (bicyclic) bond motifs is 1. The zero-order valence-electron chi connectivity index (χ0n) is 11.1. The Morgan fingerprint density at radius 1 is 1.19 bits per heavy atom. The molecule has 0 amide bonds. The van der Waals surface area contributed by atoms with Gasteiger partial charge in [-0.1, -0.05) is 18.2 Å². The van der Waals surface area contributed by atoms with E-state index >= 15 is 0 Å². The standard InChI is InChI=1S/C15H10N2O4/c1-9-4-2-3-5-11(9)14-16-13-8-10(17(19)20)6-7-12(13)15(18)21-14/h2-8H,1H3. The van der Waals surface area contributed by atoms with Gasteiger partial charge in [-0.05, 0) is 24.6 Å². The van der Waals surface area contributed by atoms with Crippen molar-refractivity contribution in [3.05, 3.63) is 68.6 Å². The van der Waals surface area contributed by atoms with Gasteiger partial charge < -0.3 is 4.42 Å². The number of nitro groups is 1. The molecule has 104 valence electrons. The number of non-ortho nitro benzene ring substituents is 1. The monoisotopic (exact) mass is 282 g/mol. The van der Waals surface area contributed by atoms with Crippen LogP contribution in [0.2, 0.25) is 0 Å². The minimum absolute atomic E-state index is 0.115. The average Bonchev–Trinajstić information content (AvgIpc) is 2.47. The summed E-state index contributed by atoms with van der Waals surface area (Å²) in [5.41, 5.74) is 1.16. The van der Waals surface area contributed by atoms with Crippen molar-refractivity contribution in [2.75, 3.05) is 0 Å². The summed E-state index contributed by atoms with van der Waals surface area (Å²) >= 11 is 0. The van der Waals surface area contributed by atoms with E-state index in [4.69, 9.17) is 4.42 Å². The molecule has 0 saturated carbocycles. The van der Waals surface area contributed by atoms with Crippen LogP contribution in [0.1, 0.15) is 5.56 Å². The fourth-order valence-electron chi connectivity index (χ4n) is 2.10. The van der Waals surface area contributed by atoms with E-state index in [0.29, 0.717) is 5.56 Å². The maximum absolute atomic E-state index is 12.0. The highest BCUT2D eigenvalue weighted by molar-refractivity contribution is 5.81. The van der Waals surface area contributed by atoms with Crippen LogP contribution in [0, 0.1) is 17.0 Å². The largest absolute Gasteiger partial charge is 0.403 e. The van der Waals surface area contributed by atoms with Crippen molar-refractivity contribution in [3.63, 3.8) is 0 Å². The van der Waals surface area contributed by atoms with Crippen molar-refractivity contribution in [1.29, 1.82) is 0 Å². The van der Waals surface area contributed by atoms with Crippen LogP contribution >= 0.6 is 0 Å². The van der Waals surface area contributed by atoms with Crippen LogP contribution in [0.4, 0.5) is 5.69 Å². The Morgan fingerprint density at radius 3 is 2.67 bits per heavy atom. The zero-order valence-corrected chi connectivity index (χ0v) is 11.1. The summed E-state index contributed by atoms with van der Waals surface area (Å²) in [6, 6.07) is 11.2. The molecule has 0 aliphatic rings. The van der Waals surface area contributed by atoms with Gasteiger partial charge in [0.25, 0.3) is 5.69 Å². The molecular weight excluding hydrogens is 272 g/mol. The molecule has 6 nitrogen and oxygen atoms in total. The first-order valence-corrected chi connectivity index (χ1v) is 6.21. The fourth-order valence-corrected chi connectivity index (χ4v) is 2.10. The third kappa shape index (κ3) is 2.27. The smallest absolute Gasteiger partial charge is 0.347 e. The molecule has 3 aromatic rings. The van der Waals surface area contributed by atoms with Crippen molar-refractivity contribution in [2.45, 2.75) is 6.92 Å². The third-order valence-electron chi connectivity index (χ3n) is 3.20.